The summed E-state index contributed by atoms with van der Waals surface area (Å²) in [5.41, 5.74) is 0.619. The van der Waals surface area contributed by atoms with Gasteiger partial charge in [0.15, 0.2) is 0 Å². The average Bonchev–Trinajstić information content (AvgIpc) is 2.16. The molecule has 0 heterocycles. The smallest absolute Gasteiger partial charge is 0.126 e. The van der Waals surface area contributed by atoms with Gasteiger partial charge < -0.3 is 5.11 Å². The molecule has 0 aliphatic heterocycles. The van der Waals surface area contributed by atoms with Crippen molar-refractivity contribution in [3.05, 3.63) is 35.1 Å². The van der Waals surface area contributed by atoms with Gasteiger partial charge in [0, 0.05) is 0 Å². The Balaban J connectivity index is 2.16. The van der Waals surface area contributed by atoms with E-state index < -0.39 is 5.60 Å². The van der Waals surface area contributed by atoms with E-state index in [0.29, 0.717) is 11.5 Å². The van der Waals surface area contributed by atoms with Crippen molar-refractivity contribution in [2.45, 2.75) is 45.1 Å². The van der Waals surface area contributed by atoms with E-state index in [9.17, 15) is 9.50 Å². The van der Waals surface area contributed by atoms with Crippen LogP contribution in [0.15, 0.2) is 18.2 Å². The normalized spacial score (nSPS) is 20.2. The average molecular weight is 222 g/mol. The fourth-order valence-corrected chi connectivity index (χ4v) is 2.36. The highest BCUT2D eigenvalue weighted by molar-refractivity contribution is 5.28. The number of aryl methyl sites for hydroxylation is 1. The van der Waals surface area contributed by atoms with Gasteiger partial charge in [-0.25, -0.2) is 4.39 Å². The van der Waals surface area contributed by atoms with Gasteiger partial charge in [-0.3, -0.25) is 0 Å². The highest BCUT2D eigenvalue weighted by Crippen LogP contribution is 2.38. The van der Waals surface area contributed by atoms with E-state index >= 15 is 0 Å². The minimum Gasteiger partial charge on any atom is -0.385 e. The van der Waals surface area contributed by atoms with Gasteiger partial charge in [-0.05, 0) is 43.4 Å². The second kappa shape index (κ2) is 4.17. The number of hydrogen-bond acceptors (Lipinski definition) is 1. The molecule has 0 saturated heterocycles. The van der Waals surface area contributed by atoms with E-state index in [2.05, 4.69) is 0 Å². The minimum absolute atomic E-state index is 0.205. The summed E-state index contributed by atoms with van der Waals surface area (Å²) in [6.45, 7) is 3.57. The molecule has 1 aromatic carbocycles. The van der Waals surface area contributed by atoms with E-state index in [0.717, 1.165) is 12.0 Å². The van der Waals surface area contributed by atoms with Gasteiger partial charge in [-0.1, -0.05) is 31.4 Å². The van der Waals surface area contributed by atoms with Gasteiger partial charge in [0.25, 0.3) is 0 Å². The van der Waals surface area contributed by atoms with Crippen molar-refractivity contribution in [3.8, 4) is 0 Å². The maximum Gasteiger partial charge on any atom is 0.126 e. The summed E-state index contributed by atoms with van der Waals surface area (Å²) in [6.07, 6.45) is 4.51. The summed E-state index contributed by atoms with van der Waals surface area (Å²) in [5, 5.41) is 10.4. The third kappa shape index (κ3) is 2.27. The summed E-state index contributed by atoms with van der Waals surface area (Å²) >= 11 is 0. The van der Waals surface area contributed by atoms with E-state index in [1.165, 1.54) is 25.3 Å². The molecule has 88 valence electrons. The molecule has 1 N–H and O–H groups in total. The van der Waals surface area contributed by atoms with Crippen molar-refractivity contribution in [2.75, 3.05) is 0 Å². The van der Waals surface area contributed by atoms with Gasteiger partial charge in [0.05, 0.1) is 5.60 Å². The number of halogens is 1. The van der Waals surface area contributed by atoms with Crippen LogP contribution in [0.4, 0.5) is 4.39 Å². The molecule has 0 aromatic heterocycles. The Labute approximate surface area is 96.3 Å². The quantitative estimate of drug-likeness (QED) is 0.829. The zero-order chi connectivity index (χ0) is 11.8. The van der Waals surface area contributed by atoms with Gasteiger partial charge >= 0.3 is 0 Å². The van der Waals surface area contributed by atoms with E-state index in [1.807, 2.05) is 6.92 Å². The van der Waals surface area contributed by atoms with Crippen molar-refractivity contribution >= 4 is 0 Å². The molecule has 1 unspecified atom stereocenters. The lowest BCUT2D eigenvalue weighted by molar-refractivity contribution is 0.0160. The molecule has 1 fully saturated rings. The SMILES string of the molecule is Cc1cc(C(C)(O)CC2CCC2)ccc1F. The van der Waals surface area contributed by atoms with Gasteiger partial charge in [0.1, 0.15) is 5.82 Å². The zero-order valence-electron chi connectivity index (χ0n) is 9.96. The number of hydrogen-bond donors (Lipinski definition) is 1. The van der Waals surface area contributed by atoms with Crippen LogP contribution in [-0.2, 0) is 5.60 Å². The van der Waals surface area contributed by atoms with Crippen LogP contribution in [0.3, 0.4) is 0 Å². The number of aliphatic hydroxyl groups is 1. The lowest BCUT2D eigenvalue weighted by Gasteiger charge is -2.33. The fourth-order valence-electron chi connectivity index (χ4n) is 2.36. The van der Waals surface area contributed by atoms with Gasteiger partial charge in [0.2, 0.25) is 0 Å². The van der Waals surface area contributed by atoms with Crippen LogP contribution in [0.5, 0.6) is 0 Å². The third-order valence-corrected chi connectivity index (χ3v) is 3.69. The summed E-state index contributed by atoms with van der Waals surface area (Å²) < 4.78 is 13.1. The molecular formula is C14H19FO. The van der Waals surface area contributed by atoms with Crippen LogP contribution < -0.4 is 0 Å². The third-order valence-electron chi connectivity index (χ3n) is 3.69. The first-order valence-corrected chi connectivity index (χ1v) is 5.98. The summed E-state index contributed by atoms with van der Waals surface area (Å²) in [5.74, 6) is 0.434. The van der Waals surface area contributed by atoms with Crippen molar-refractivity contribution in [1.29, 1.82) is 0 Å². The van der Waals surface area contributed by atoms with Gasteiger partial charge in [-0.2, -0.15) is 0 Å². The Morgan fingerprint density at radius 2 is 2.12 bits per heavy atom. The molecule has 16 heavy (non-hydrogen) atoms. The fraction of sp³-hybridized carbons (Fsp3) is 0.571. The number of rotatable bonds is 3. The second-order valence-electron chi connectivity index (χ2n) is 5.24. The van der Waals surface area contributed by atoms with Crippen LogP contribution in [0, 0.1) is 18.7 Å². The topological polar surface area (TPSA) is 20.2 Å². The molecule has 1 aliphatic carbocycles. The maximum atomic E-state index is 13.1. The molecule has 1 atom stereocenters. The molecule has 2 rings (SSSR count). The molecule has 2 heteroatoms. The number of benzene rings is 1. The molecule has 1 saturated carbocycles. The van der Waals surface area contributed by atoms with Crippen molar-refractivity contribution in [2.24, 2.45) is 5.92 Å². The van der Waals surface area contributed by atoms with E-state index in [-0.39, 0.29) is 5.82 Å². The minimum atomic E-state index is -0.816. The highest BCUT2D eigenvalue weighted by atomic mass is 19.1. The molecule has 0 bridgehead atoms. The predicted octanol–water partition coefficient (Wildman–Crippen LogP) is 3.53. The Bertz CT molecular complexity index is 380. The van der Waals surface area contributed by atoms with E-state index in [1.54, 1.807) is 19.1 Å². The Hall–Kier alpha value is -0.890. The predicted molar refractivity (Wildman–Crippen MR) is 62.7 cm³/mol. The van der Waals surface area contributed by atoms with Crippen LogP contribution in [0.2, 0.25) is 0 Å². The van der Waals surface area contributed by atoms with E-state index in [4.69, 9.17) is 0 Å². The molecule has 1 aromatic rings. The van der Waals surface area contributed by atoms with Crippen molar-refractivity contribution in [1.82, 2.24) is 0 Å². The van der Waals surface area contributed by atoms with Crippen LogP contribution in [0.25, 0.3) is 0 Å². The molecule has 0 spiro atoms. The zero-order valence-corrected chi connectivity index (χ0v) is 9.96. The first-order chi connectivity index (χ1) is 7.49. The molecule has 0 radical (unpaired) electrons. The van der Waals surface area contributed by atoms with Crippen molar-refractivity contribution < 1.29 is 9.50 Å². The highest BCUT2D eigenvalue weighted by Gasteiger charge is 2.30. The van der Waals surface area contributed by atoms with Crippen LogP contribution >= 0.6 is 0 Å². The van der Waals surface area contributed by atoms with Crippen molar-refractivity contribution in [3.63, 3.8) is 0 Å². The lowest BCUT2D eigenvalue weighted by Crippen LogP contribution is -2.28. The lowest BCUT2D eigenvalue weighted by atomic mass is 9.75. The molecule has 1 nitrogen and oxygen atoms in total. The first kappa shape index (κ1) is 11.6. The summed E-state index contributed by atoms with van der Waals surface area (Å²) in [6, 6.07) is 4.90. The van der Waals surface area contributed by atoms with Crippen LogP contribution in [-0.4, -0.2) is 5.11 Å². The largest absolute Gasteiger partial charge is 0.385 e. The Morgan fingerprint density at radius 3 is 2.62 bits per heavy atom. The second-order valence-corrected chi connectivity index (χ2v) is 5.24. The molecule has 1 aliphatic rings. The summed E-state index contributed by atoms with van der Waals surface area (Å²) in [7, 11) is 0. The van der Waals surface area contributed by atoms with Crippen LogP contribution in [0.1, 0.15) is 43.7 Å². The monoisotopic (exact) mass is 222 g/mol. The standard InChI is InChI=1S/C14H19FO/c1-10-8-12(6-7-13(10)15)14(2,16)9-11-4-3-5-11/h6-8,11,16H,3-5,9H2,1-2H3. The first-order valence-electron chi connectivity index (χ1n) is 5.98. The maximum absolute atomic E-state index is 13.1. The molecular weight excluding hydrogens is 203 g/mol. The Kier molecular flexibility index (Phi) is 3.02. The Morgan fingerprint density at radius 1 is 1.44 bits per heavy atom. The molecule has 0 amide bonds. The van der Waals surface area contributed by atoms with Gasteiger partial charge in [-0.15, -0.1) is 0 Å². The summed E-state index contributed by atoms with van der Waals surface area (Å²) in [4.78, 5) is 0.